The Morgan fingerprint density at radius 3 is 2.80 bits per heavy atom. The van der Waals surface area contributed by atoms with E-state index in [0.717, 1.165) is 6.07 Å². The van der Waals surface area contributed by atoms with Crippen LogP contribution in [0.4, 0.5) is 8.78 Å². The summed E-state index contributed by atoms with van der Waals surface area (Å²) in [5.74, 6) is -3.02. The number of carbonyl (C=O) groups excluding carboxylic acids is 1. The average Bonchev–Trinajstić information content (AvgIpc) is 2.78. The minimum Gasteiger partial charge on any atom is -0.468 e. The second kappa shape index (κ2) is 5.55. The number of halogens is 2. The monoisotopic (exact) mass is 280 g/mol. The summed E-state index contributed by atoms with van der Waals surface area (Å²) < 4.78 is 31.9. The van der Waals surface area contributed by atoms with Crippen LogP contribution in [0.15, 0.2) is 18.2 Å². The van der Waals surface area contributed by atoms with E-state index in [1.165, 1.54) is 19.2 Å². The summed E-state index contributed by atoms with van der Waals surface area (Å²) in [5.41, 5.74) is 0.0884. The Labute approximate surface area is 115 Å². The Balaban J connectivity index is 2.42. The quantitative estimate of drug-likeness (QED) is 0.778. The van der Waals surface area contributed by atoms with Gasteiger partial charge in [0.2, 0.25) is 0 Å². The van der Waals surface area contributed by atoms with Crippen molar-refractivity contribution in [3.63, 3.8) is 0 Å². The highest BCUT2D eigenvalue weighted by molar-refractivity contribution is 5.76. The molecule has 0 radical (unpaired) electrons. The number of hydrogen-bond donors (Lipinski definition) is 0. The van der Waals surface area contributed by atoms with Crippen molar-refractivity contribution in [2.24, 2.45) is 5.92 Å². The maximum Gasteiger partial charge on any atom is 0.323 e. The van der Waals surface area contributed by atoms with Crippen molar-refractivity contribution < 1.29 is 18.3 Å². The van der Waals surface area contributed by atoms with Crippen molar-refractivity contribution in [1.29, 1.82) is 5.26 Å². The molecule has 1 aromatic carbocycles. The van der Waals surface area contributed by atoms with Gasteiger partial charge in [0.1, 0.15) is 6.04 Å². The third-order valence-corrected chi connectivity index (χ3v) is 3.73. The van der Waals surface area contributed by atoms with Crippen LogP contribution in [0.5, 0.6) is 0 Å². The van der Waals surface area contributed by atoms with Gasteiger partial charge in [0.15, 0.2) is 11.6 Å². The van der Waals surface area contributed by atoms with Crippen molar-refractivity contribution in [2.75, 3.05) is 14.2 Å². The lowest BCUT2D eigenvalue weighted by atomic mass is 9.94. The Kier molecular flexibility index (Phi) is 4.00. The second-order valence-corrected chi connectivity index (χ2v) is 4.76. The van der Waals surface area contributed by atoms with Gasteiger partial charge in [-0.05, 0) is 19.5 Å². The highest BCUT2D eigenvalue weighted by Gasteiger charge is 2.45. The third kappa shape index (κ3) is 2.25. The Hall–Kier alpha value is -2.00. The summed E-state index contributed by atoms with van der Waals surface area (Å²) in [4.78, 5) is 13.2. The standard InChI is InChI=1S/C14H14F2N2O2/c1-18-11(14(19)20-2)6-8(7-17)13(18)9-4-3-5-10(15)12(9)16/h3-5,8,11,13H,6H2,1-2H3/t8-,11+,13-/m1/s1. The highest BCUT2D eigenvalue weighted by atomic mass is 19.2. The molecular formula is C14H14F2N2O2. The van der Waals surface area contributed by atoms with Gasteiger partial charge in [-0.15, -0.1) is 0 Å². The summed E-state index contributed by atoms with van der Waals surface area (Å²) in [5, 5.41) is 9.20. The molecule has 3 atom stereocenters. The number of carbonyl (C=O) groups is 1. The van der Waals surface area contributed by atoms with Crippen LogP contribution in [0.2, 0.25) is 0 Å². The molecule has 0 bridgehead atoms. The summed E-state index contributed by atoms with van der Waals surface area (Å²) >= 11 is 0. The van der Waals surface area contributed by atoms with E-state index in [1.54, 1.807) is 11.9 Å². The second-order valence-electron chi connectivity index (χ2n) is 4.76. The van der Waals surface area contributed by atoms with Gasteiger partial charge in [0, 0.05) is 5.56 Å². The van der Waals surface area contributed by atoms with Crippen LogP contribution in [0.3, 0.4) is 0 Å². The minimum absolute atomic E-state index is 0.0884. The number of likely N-dealkylation sites (tertiary alicyclic amines) is 1. The van der Waals surface area contributed by atoms with E-state index in [2.05, 4.69) is 10.8 Å². The predicted octanol–water partition coefficient (Wildman–Crippen LogP) is 2.02. The fourth-order valence-electron chi connectivity index (χ4n) is 2.72. The van der Waals surface area contributed by atoms with Crippen molar-refractivity contribution in [3.8, 4) is 6.07 Å². The van der Waals surface area contributed by atoms with Crippen molar-refractivity contribution in [3.05, 3.63) is 35.4 Å². The van der Waals surface area contributed by atoms with Gasteiger partial charge in [-0.2, -0.15) is 5.26 Å². The zero-order chi connectivity index (χ0) is 14.9. The van der Waals surface area contributed by atoms with Crippen LogP contribution >= 0.6 is 0 Å². The topological polar surface area (TPSA) is 53.3 Å². The molecular weight excluding hydrogens is 266 g/mol. The van der Waals surface area contributed by atoms with Crippen LogP contribution in [0.1, 0.15) is 18.0 Å². The highest BCUT2D eigenvalue weighted by Crippen LogP contribution is 2.41. The molecule has 0 aliphatic carbocycles. The molecule has 6 heteroatoms. The molecule has 1 heterocycles. The van der Waals surface area contributed by atoms with Crippen molar-refractivity contribution in [2.45, 2.75) is 18.5 Å². The summed E-state index contributed by atoms with van der Waals surface area (Å²) in [6.45, 7) is 0. The number of nitriles is 1. The Bertz CT molecular complexity index is 571. The smallest absolute Gasteiger partial charge is 0.323 e. The molecule has 0 amide bonds. The number of likely N-dealkylation sites (N-methyl/N-ethyl adjacent to an activating group) is 1. The van der Waals surface area contributed by atoms with E-state index in [9.17, 15) is 18.8 Å². The van der Waals surface area contributed by atoms with Gasteiger partial charge in [-0.3, -0.25) is 9.69 Å². The molecule has 2 rings (SSSR count). The van der Waals surface area contributed by atoms with E-state index in [4.69, 9.17) is 0 Å². The van der Waals surface area contributed by atoms with Gasteiger partial charge in [-0.1, -0.05) is 12.1 Å². The van der Waals surface area contributed by atoms with E-state index < -0.39 is 35.6 Å². The van der Waals surface area contributed by atoms with Crippen LogP contribution in [-0.4, -0.2) is 31.1 Å². The number of hydrogen-bond acceptors (Lipinski definition) is 4. The molecule has 20 heavy (non-hydrogen) atoms. The normalized spacial score (nSPS) is 26.2. The Morgan fingerprint density at radius 1 is 1.50 bits per heavy atom. The lowest BCUT2D eigenvalue weighted by molar-refractivity contribution is -0.145. The lowest BCUT2D eigenvalue weighted by Gasteiger charge is -2.25. The third-order valence-electron chi connectivity index (χ3n) is 3.73. The first-order valence-electron chi connectivity index (χ1n) is 6.14. The van der Waals surface area contributed by atoms with Crippen LogP contribution in [0, 0.1) is 28.9 Å². The van der Waals surface area contributed by atoms with Gasteiger partial charge < -0.3 is 4.74 Å². The van der Waals surface area contributed by atoms with Crippen LogP contribution in [-0.2, 0) is 9.53 Å². The number of esters is 1. The summed E-state index contributed by atoms with van der Waals surface area (Å²) in [7, 11) is 2.86. The van der Waals surface area contributed by atoms with Crippen LogP contribution in [0.25, 0.3) is 0 Å². The number of rotatable bonds is 2. The zero-order valence-electron chi connectivity index (χ0n) is 11.1. The molecule has 1 saturated heterocycles. The average molecular weight is 280 g/mol. The van der Waals surface area contributed by atoms with Gasteiger partial charge in [-0.25, -0.2) is 8.78 Å². The molecule has 0 N–H and O–H groups in total. The first-order valence-corrected chi connectivity index (χ1v) is 6.14. The van der Waals surface area contributed by atoms with Crippen molar-refractivity contribution >= 4 is 5.97 Å². The SMILES string of the molecule is COC(=O)[C@@H]1C[C@H](C#N)[C@H](c2cccc(F)c2F)N1C. The fourth-order valence-corrected chi connectivity index (χ4v) is 2.72. The Morgan fingerprint density at radius 2 is 2.20 bits per heavy atom. The number of benzene rings is 1. The van der Waals surface area contributed by atoms with Gasteiger partial charge >= 0.3 is 5.97 Å². The summed E-state index contributed by atoms with van der Waals surface area (Å²) in [6, 6.07) is 4.61. The first-order chi connectivity index (χ1) is 9.51. The summed E-state index contributed by atoms with van der Waals surface area (Å²) in [6.07, 6.45) is 0.236. The number of nitrogens with zero attached hydrogens (tertiary/aromatic N) is 2. The lowest BCUT2D eigenvalue weighted by Crippen LogP contribution is -2.35. The molecule has 1 aromatic rings. The van der Waals surface area contributed by atoms with E-state index in [1.807, 2.05) is 0 Å². The first kappa shape index (κ1) is 14.4. The largest absolute Gasteiger partial charge is 0.468 e. The predicted molar refractivity (Wildman–Crippen MR) is 66.4 cm³/mol. The molecule has 0 unspecified atom stereocenters. The van der Waals surface area contributed by atoms with Gasteiger partial charge in [0.05, 0.1) is 25.1 Å². The molecule has 1 fully saturated rings. The molecule has 0 saturated carbocycles. The van der Waals surface area contributed by atoms with E-state index in [0.29, 0.717) is 0 Å². The number of ether oxygens (including phenoxy) is 1. The molecule has 0 spiro atoms. The van der Waals surface area contributed by atoms with Gasteiger partial charge in [0.25, 0.3) is 0 Å². The molecule has 1 aliphatic heterocycles. The van der Waals surface area contributed by atoms with Crippen LogP contribution < -0.4 is 0 Å². The maximum atomic E-state index is 13.9. The van der Waals surface area contributed by atoms with Crippen molar-refractivity contribution in [1.82, 2.24) is 4.90 Å². The fraction of sp³-hybridized carbons (Fsp3) is 0.429. The van der Waals surface area contributed by atoms with E-state index in [-0.39, 0.29) is 12.0 Å². The zero-order valence-corrected chi connectivity index (χ0v) is 11.1. The van der Waals surface area contributed by atoms with E-state index >= 15 is 0 Å². The molecule has 106 valence electrons. The molecule has 1 aliphatic rings. The molecule has 4 nitrogen and oxygen atoms in total. The maximum absolute atomic E-state index is 13.9. The minimum atomic E-state index is -0.977. The number of methoxy groups -OCH3 is 1. The molecule has 0 aromatic heterocycles.